The number of likely N-dealkylation sites (tertiary alicyclic amines) is 1. The first-order valence-electron chi connectivity index (χ1n) is 11.1. The Kier molecular flexibility index (Phi) is 8.34. The Morgan fingerprint density at radius 2 is 1.93 bits per heavy atom. The molecule has 7 heteroatoms. The number of aliphatic imine (C=N–C) groups is 1. The predicted molar refractivity (Wildman–Crippen MR) is 123 cm³/mol. The molecule has 166 valence electrons. The molecule has 2 aliphatic heterocycles. The maximum Gasteiger partial charge on any atom is 0.410 e. The maximum absolute atomic E-state index is 12.2. The van der Waals surface area contributed by atoms with Gasteiger partial charge < -0.3 is 19.7 Å². The lowest BCUT2D eigenvalue weighted by Gasteiger charge is -2.34. The van der Waals surface area contributed by atoms with Crippen LogP contribution in [0.2, 0.25) is 25.7 Å². The summed E-state index contributed by atoms with van der Waals surface area (Å²) in [4.78, 5) is 18.9. The first kappa shape index (κ1) is 23.9. The van der Waals surface area contributed by atoms with Gasteiger partial charge in [0.25, 0.3) is 0 Å². The fraction of sp³-hybridized carbons (Fsp3) is 0.818. The fourth-order valence-corrected chi connectivity index (χ4v) is 4.16. The second-order valence-electron chi connectivity index (χ2n) is 10.4. The van der Waals surface area contributed by atoms with Crippen molar-refractivity contribution in [2.24, 2.45) is 4.99 Å². The van der Waals surface area contributed by atoms with Gasteiger partial charge in [0.15, 0.2) is 0 Å². The average molecular weight is 424 g/mol. The number of piperidine rings is 1. The van der Waals surface area contributed by atoms with E-state index in [1.54, 1.807) is 0 Å². The quantitative estimate of drug-likeness (QED) is 0.485. The second kappa shape index (κ2) is 10.1. The second-order valence-corrected chi connectivity index (χ2v) is 16.0. The van der Waals surface area contributed by atoms with Crippen molar-refractivity contribution in [3.8, 4) is 0 Å². The van der Waals surface area contributed by atoms with Gasteiger partial charge in [-0.15, -0.1) is 0 Å². The molecule has 0 radical (unpaired) electrons. The molecule has 1 unspecified atom stereocenters. The highest BCUT2D eigenvalue weighted by atomic mass is 28.3. The van der Waals surface area contributed by atoms with Crippen molar-refractivity contribution in [3.63, 3.8) is 0 Å². The van der Waals surface area contributed by atoms with Gasteiger partial charge in [0, 0.05) is 33.8 Å². The van der Waals surface area contributed by atoms with Crippen LogP contribution in [0, 0.1) is 0 Å². The van der Waals surface area contributed by atoms with Crippen LogP contribution < -0.4 is 5.32 Å². The Labute approximate surface area is 178 Å². The van der Waals surface area contributed by atoms with Gasteiger partial charge in [-0.05, 0) is 51.7 Å². The summed E-state index contributed by atoms with van der Waals surface area (Å²) in [5, 5.41) is 3.63. The predicted octanol–water partition coefficient (Wildman–Crippen LogP) is 4.45. The molecule has 0 aromatic carbocycles. The molecule has 0 aromatic rings. The Morgan fingerprint density at radius 3 is 2.48 bits per heavy atom. The molecule has 2 rings (SSSR count). The third-order valence-electron chi connectivity index (χ3n) is 5.15. The van der Waals surface area contributed by atoms with E-state index in [0.717, 1.165) is 31.7 Å². The molecule has 1 N–H and O–H groups in total. The van der Waals surface area contributed by atoms with E-state index in [1.807, 2.05) is 25.7 Å². The smallest absolute Gasteiger partial charge is 0.410 e. The summed E-state index contributed by atoms with van der Waals surface area (Å²) in [7, 11) is -1.05. The van der Waals surface area contributed by atoms with Gasteiger partial charge in [0.05, 0.1) is 12.6 Å². The van der Waals surface area contributed by atoms with Crippen molar-refractivity contribution < 1.29 is 14.3 Å². The van der Waals surface area contributed by atoms with Crippen molar-refractivity contribution >= 4 is 20.0 Å². The van der Waals surface area contributed by atoms with Gasteiger partial charge in [-0.25, -0.2) is 4.79 Å². The van der Waals surface area contributed by atoms with Crippen LogP contribution in [0.25, 0.3) is 0 Å². The highest BCUT2D eigenvalue weighted by Crippen LogP contribution is 2.20. The van der Waals surface area contributed by atoms with Gasteiger partial charge in [-0.3, -0.25) is 4.99 Å². The normalized spacial score (nSPS) is 21.1. The minimum atomic E-state index is -1.05. The molecule has 1 amide bonds. The molecule has 0 spiro atoms. The summed E-state index contributed by atoms with van der Waals surface area (Å²) in [6.45, 7) is 17.9. The van der Waals surface area contributed by atoms with Crippen molar-refractivity contribution in [2.45, 2.75) is 90.3 Å². The molecule has 29 heavy (non-hydrogen) atoms. The molecule has 0 bridgehead atoms. The molecule has 1 saturated heterocycles. The Morgan fingerprint density at radius 1 is 1.28 bits per heavy atom. The van der Waals surface area contributed by atoms with Gasteiger partial charge in [0.2, 0.25) is 0 Å². The lowest BCUT2D eigenvalue weighted by molar-refractivity contribution is 0.0202. The van der Waals surface area contributed by atoms with E-state index in [4.69, 9.17) is 14.5 Å². The van der Waals surface area contributed by atoms with E-state index in [-0.39, 0.29) is 12.1 Å². The molecular formula is C22H41N3O3Si. The van der Waals surface area contributed by atoms with Crippen LogP contribution in [0.4, 0.5) is 4.79 Å². The molecular weight excluding hydrogens is 382 g/mol. The monoisotopic (exact) mass is 423 g/mol. The Hall–Kier alpha value is -1.34. The highest BCUT2D eigenvalue weighted by Gasteiger charge is 2.28. The number of amides is 1. The molecule has 0 aromatic heterocycles. The fourth-order valence-electron chi connectivity index (χ4n) is 3.41. The molecule has 1 atom stereocenters. The first-order chi connectivity index (χ1) is 13.5. The average Bonchev–Trinajstić information content (AvgIpc) is 2.99. The zero-order valence-electron chi connectivity index (χ0n) is 19.5. The highest BCUT2D eigenvalue weighted by molar-refractivity contribution is 6.76. The van der Waals surface area contributed by atoms with Crippen molar-refractivity contribution in [1.82, 2.24) is 10.2 Å². The van der Waals surface area contributed by atoms with Crippen molar-refractivity contribution in [3.05, 3.63) is 11.6 Å². The van der Waals surface area contributed by atoms with Crippen molar-refractivity contribution in [2.75, 3.05) is 26.3 Å². The summed E-state index contributed by atoms with van der Waals surface area (Å²) in [6.07, 6.45) is 4.82. The third-order valence-corrected chi connectivity index (χ3v) is 6.85. The Balaban J connectivity index is 1.79. The van der Waals surface area contributed by atoms with E-state index in [2.05, 4.69) is 38.0 Å². The van der Waals surface area contributed by atoms with Gasteiger partial charge >= 0.3 is 6.09 Å². The topological polar surface area (TPSA) is 63.2 Å². The summed E-state index contributed by atoms with van der Waals surface area (Å²) >= 11 is 0. The van der Waals surface area contributed by atoms with E-state index in [9.17, 15) is 4.79 Å². The van der Waals surface area contributed by atoms with Crippen LogP contribution in [0.1, 0.15) is 47.0 Å². The van der Waals surface area contributed by atoms with Crippen LogP contribution in [-0.2, 0) is 9.47 Å². The standard InChI is InChI=1S/C22H41N3O3Si/c1-8-17-15-19(16-27-13-14-29(5,6)7)24-20(17)23-18-9-11-25(12-10-18)21(26)28-22(2,3)4/h15,18-19H,8-14,16H2,1-7H3,(H,23,24). The summed E-state index contributed by atoms with van der Waals surface area (Å²) < 4.78 is 11.4. The zero-order valence-corrected chi connectivity index (χ0v) is 20.5. The molecule has 0 saturated carbocycles. The van der Waals surface area contributed by atoms with E-state index < -0.39 is 13.7 Å². The van der Waals surface area contributed by atoms with E-state index in [1.165, 1.54) is 11.6 Å². The van der Waals surface area contributed by atoms with Crippen LogP contribution in [0.5, 0.6) is 0 Å². The van der Waals surface area contributed by atoms with Gasteiger partial charge in [-0.2, -0.15) is 0 Å². The number of amidine groups is 1. The molecule has 0 aliphatic carbocycles. The number of carbonyl (C=O) groups excluding carboxylic acids is 1. The van der Waals surface area contributed by atoms with Crippen LogP contribution in [0.15, 0.2) is 16.6 Å². The third kappa shape index (κ3) is 8.50. The minimum absolute atomic E-state index is 0.121. The Bertz CT molecular complexity index is 612. The zero-order chi connectivity index (χ0) is 21.7. The number of nitrogens with zero attached hydrogens (tertiary/aromatic N) is 2. The summed E-state index contributed by atoms with van der Waals surface area (Å²) in [5.41, 5.74) is 0.830. The van der Waals surface area contributed by atoms with Gasteiger partial charge in [-0.1, -0.05) is 32.6 Å². The lowest BCUT2D eigenvalue weighted by Crippen LogP contribution is -2.47. The number of ether oxygens (including phenoxy) is 2. The first-order valence-corrected chi connectivity index (χ1v) is 14.8. The van der Waals surface area contributed by atoms with Crippen molar-refractivity contribution in [1.29, 1.82) is 0 Å². The van der Waals surface area contributed by atoms with Crippen LogP contribution in [0.3, 0.4) is 0 Å². The summed E-state index contributed by atoms with van der Waals surface area (Å²) in [5.74, 6) is 1.02. The molecule has 2 aliphatic rings. The van der Waals surface area contributed by atoms with Gasteiger partial charge in [0.1, 0.15) is 11.4 Å². The summed E-state index contributed by atoms with van der Waals surface area (Å²) in [6, 6.07) is 1.65. The molecule has 2 heterocycles. The maximum atomic E-state index is 12.2. The molecule has 6 nitrogen and oxygen atoms in total. The largest absolute Gasteiger partial charge is 0.444 e. The number of carbonyl (C=O) groups is 1. The lowest BCUT2D eigenvalue weighted by atomic mass is 10.0. The number of nitrogens with one attached hydrogen (secondary N) is 1. The van der Waals surface area contributed by atoms with E-state index >= 15 is 0 Å². The minimum Gasteiger partial charge on any atom is -0.444 e. The number of rotatable bonds is 7. The van der Waals surface area contributed by atoms with Crippen LogP contribution >= 0.6 is 0 Å². The van der Waals surface area contributed by atoms with Crippen LogP contribution in [-0.4, -0.2) is 68.9 Å². The number of hydrogen-bond acceptors (Lipinski definition) is 5. The molecule has 1 fully saturated rings. The SMILES string of the molecule is CCC1=CC(COCC[Si](C)(C)C)N=C1NC1CCN(C(=O)OC(C)(C)C)CC1. The number of hydrogen-bond donors (Lipinski definition) is 1. The van der Waals surface area contributed by atoms with E-state index in [0.29, 0.717) is 25.7 Å².